The summed E-state index contributed by atoms with van der Waals surface area (Å²) in [5.41, 5.74) is 1.78. The van der Waals surface area contributed by atoms with Gasteiger partial charge in [0, 0.05) is 0 Å². The highest BCUT2D eigenvalue weighted by molar-refractivity contribution is 6.23. The molecule has 0 radical (unpaired) electrons. The van der Waals surface area contributed by atoms with Gasteiger partial charge in [-0.15, -0.1) is 17.0 Å². The van der Waals surface area contributed by atoms with Crippen LogP contribution in [0.4, 0.5) is 0 Å². The fourth-order valence-corrected chi connectivity index (χ4v) is 1.21. The van der Waals surface area contributed by atoms with Crippen LogP contribution in [0, 0.1) is 5.21 Å². The number of quaternary nitrogens is 1. The van der Waals surface area contributed by atoms with Gasteiger partial charge in [0.2, 0.25) is 0 Å². The van der Waals surface area contributed by atoms with Crippen molar-refractivity contribution < 1.29 is 5.17 Å². The molecule has 1 aliphatic rings. The van der Waals surface area contributed by atoms with Gasteiger partial charge in [-0.25, -0.2) is 0 Å². The predicted octanol–water partition coefficient (Wildman–Crippen LogP) is -0.593. The van der Waals surface area contributed by atoms with Crippen molar-refractivity contribution in [2.45, 2.75) is 17.4 Å². The second-order valence-corrected chi connectivity index (χ2v) is 2.73. The van der Waals surface area contributed by atoms with Gasteiger partial charge in [-0.05, 0) is 0 Å². The van der Waals surface area contributed by atoms with E-state index in [1.54, 1.807) is 0 Å². The molecule has 5 heteroatoms. The molecule has 3 unspecified atom stereocenters. The zero-order valence-corrected chi connectivity index (χ0v) is 5.54. The molecule has 2 N–H and O–H groups in total. The first-order valence-corrected chi connectivity index (χ1v) is 3.16. The maximum atomic E-state index is 10.5. The summed E-state index contributed by atoms with van der Waals surface area (Å²) in [5.74, 6) is 0. The van der Waals surface area contributed by atoms with Crippen LogP contribution in [0.25, 0.3) is 0 Å². The average molecular weight is 157 g/mol. The molecule has 0 aromatic heterocycles. The molecule has 48 valence electrons. The summed E-state index contributed by atoms with van der Waals surface area (Å²) in [5, 5.41) is 10.3. The van der Waals surface area contributed by atoms with Gasteiger partial charge >= 0.3 is 0 Å². The maximum absolute atomic E-state index is 10.5. The predicted molar refractivity (Wildman–Crippen MR) is 31.4 cm³/mol. The van der Waals surface area contributed by atoms with Crippen LogP contribution in [0.15, 0.2) is 0 Å². The number of hydrogen-bond donors (Lipinski definition) is 2. The molecule has 0 saturated carbocycles. The van der Waals surface area contributed by atoms with Crippen molar-refractivity contribution in [1.29, 1.82) is 0 Å². The minimum Gasteiger partial charge on any atom is -0.612 e. The van der Waals surface area contributed by atoms with Gasteiger partial charge in [-0.1, -0.05) is 11.6 Å². The largest absolute Gasteiger partial charge is 0.612 e. The average Bonchev–Trinajstić information content (AvgIpc) is 1.85. The summed E-state index contributed by atoms with van der Waals surface area (Å²) < 4.78 is 0. The topological polar surface area (TPSA) is 39.5 Å². The van der Waals surface area contributed by atoms with Crippen LogP contribution in [0.2, 0.25) is 0 Å². The molecule has 3 nitrogen and oxygen atoms in total. The molecular weight excluding hydrogens is 151 g/mol. The third kappa shape index (κ3) is 1.24. The molecule has 0 aromatic rings. The molecule has 0 bridgehead atoms. The van der Waals surface area contributed by atoms with E-state index in [9.17, 15) is 5.21 Å². The van der Waals surface area contributed by atoms with E-state index in [0.717, 1.165) is 0 Å². The Labute approximate surface area is 57.1 Å². The molecule has 8 heavy (non-hydrogen) atoms. The van der Waals surface area contributed by atoms with Gasteiger partial charge in [0.25, 0.3) is 0 Å². The van der Waals surface area contributed by atoms with E-state index in [1.807, 2.05) is 0 Å². The first-order chi connectivity index (χ1) is 3.70. The summed E-state index contributed by atoms with van der Waals surface area (Å²) in [6, 6.07) is 0. The van der Waals surface area contributed by atoms with Crippen LogP contribution in [0.5, 0.6) is 0 Å². The lowest BCUT2D eigenvalue weighted by molar-refractivity contribution is -0.894. The molecule has 1 rings (SSSR count). The highest BCUT2D eigenvalue weighted by Gasteiger charge is 2.27. The third-order valence-corrected chi connectivity index (χ3v) is 1.66. The Morgan fingerprint density at radius 2 is 2.25 bits per heavy atom. The maximum Gasteiger partial charge on any atom is 0.183 e. The minimum absolute atomic E-state index is 0.160. The fraction of sp³-hybridized carbons (Fsp3) is 1.00. The van der Waals surface area contributed by atoms with Gasteiger partial charge in [0.1, 0.15) is 5.50 Å². The van der Waals surface area contributed by atoms with Crippen molar-refractivity contribution in [3.8, 4) is 0 Å². The summed E-state index contributed by atoms with van der Waals surface area (Å²) >= 11 is 10.9. The summed E-state index contributed by atoms with van der Waals surface area (Å²) in [4.78, 5) is 0. The standard InChI is InChI=1S/C3H6Cl2N2O/c4-2-1-3(5)7(8)6-2/h2-3,6-7H,1H2. The molecule has 1 fully saturated rings. The zero-order chi connectivity index (χ0) is 6.15. The van der Waals surface area contributed by atoms with Crippen molar-refractivity contribution >= 4 is 23.2 Å². The first-order valence-electron chi connectivity index (χ1n) is 2.28. The molecule has 1 aliphatic heterocycles. The lowest BCUT2D eigenvalue weighted by Gasteiger charge is -2.16. The van der Waals surface area contributed by atoms with Crippen LogP contribution in [-0.4, -0.2) is 11.0 Å². The van der Waals surface area contributed by atoms with E-state index in [0.29, 0.717) is 6.42 Å². The second-order valence-electron chi connectivity index (χ2n) is 1.68. The third-order valence-electron chi connectivity index (χ3n) is 0.997. The molecular formula is C3H6Cl2N2O. The van der Waals surface area contributed by atoms with Crippen molar-refractivity contribution in [2.75, 3.05) is 0 Å². The van der Waals surface area contributed by atoms with E-state index in [4.69, 9.17) is 23.2 Å². The fourth-order valence-electron chi connectivity index (χ4n) is 0.592. The molecule has 0 aliphatic carbocycles. The van der Waals surface area contributed by atoms with Gasteiger partial charge < -0.3 is 5.21 Å². The number of hydroxylamine groups is 1. The van der Waals surface area contributed by atoms with Crippen LogP contribution < -0.4 is 10.6 Å². The number of rotatable bonds is 0. The molecule has 0 spiro atoms. The molecule has 1 heterocycles. The van der Waals surface area contributed by atoms with E-state index < -0.39 is 5.50 Å². The van der Waals surface area contributed by atoms with Crippen molar-refractivity contribution in [3.05, 3.63) is 5.21 Å². The Balaban J connectivity index is 2.39. The van der Waals surface area contributed by atoms with Crippen molar-refractivity contribution in [1.82, 2.24) is 5.43 Å². The van der Waals surface area contributed by atoms with E-state index in [-0.39, 0.29) is 10.7 Å². The van der Waals surface area contributed by atoms with Gasteiger partial charge in [-0.2, -0.15) is 0 Å². The molecule has 3 atom stereocenters. The number of hydrogen-bond acceptors (Lipinski definition) is 2. The molecule has 0 aromatic carbocycles. The van der Waals surface area contributed by atoms with Crippen molar-refractivity contribution in [2.24, 2.45) is 0 Å². The number of nitrogens with one attached hydrogen (secondary N) is 2. The molecule has 1 saturated heterocycles. The van der Waals surface area contributed by atoms with Crippen LogP contribution in [0.1, 0.15) is 6.42 Å². The molecule has 0 amide bonds. The van der Waals surface area contributed by atoms with Gasteiger partial charge in [0.05, 0.1) is 6.42 Å². The summed E-state index contributed by atoms with van der Waals surface area (Å²) in [7, 11) is 0. The number of halogens is 2. The lowest BCUT2D eigenvalue weighted by atomic mass is 10.5. The van der Waals surface area contributed by atoms with Crippen LogP contribution in [-0.2, 0) is 0 Å². The quantitative estimate of drug-likeness (QED) is 0.280. The van der Waals surface area contributed by atoms with Gasteiger partial charge in [-0.3, -0.25) is 5.17 Å². The Morgan fingerprint density at radius 1 is 1.62 bits per heavy atom. The Morgan fingerprint density at radius 3 is 2.38 bits per heavy atom. The lowest BCUT2D eigenvalue weighted by Crippen LogP contribution is -3.14. The summed E-state index contributed by atoms with van der Waals surface area (Å²) in [6.07, 6.45) is 0.530. The first kappa shape index (κ1) is 6.58. The zero-order valence-electron chi connectivity index (χ0n) is 4.03. The highest BCUT2D eigenvalue weighted by Crippen LogP contribution is 2.06. The van der Waals surface area contributed by atoms with E-state index in [2.05, 4.69) is 5.43 Å². The second kappa shape index (κ2) is 2.37. The normalized spacial score (nSPS) is 47.6. The van der Waals surface area contributed by atoms with Crippen LogP contribution >= 0.6 is 23.2 Å². The minimum atomic E-state index is -0.419. The Hall–Kier alpha value is 0.460. The number of alkyl halides is 2. The van der Waals surface area contributed by atoms with Gasteiger partial charge in [0.15, 0.2) is 5.50 Å². The van der Waals surface area contributed by atoms with E-state index >= 15 is 0 Å². The monoisotopic (exact) mass is 156 g/mol. The highest BCUT2D eigenvalue weighted by atomic mass is 35.5. The Kier molecular flexibility index (Phi) is 1.95. The smallest absolute Gasteiger partial charge is 0.183 e. The van der Waals surface area contributed by atoms with Crippen molar-refractivity contribution in [3.63, 3.8) is 0 Å². The SMILES string of the molecule is [O-][NH+]1NC(Cl)CC1Cl. The van der Waals surface area contributed by atoms with Crippen LogP contribution in [0.3, 0.4) is 0 Å². The van der Waals surface area contributed by atoms with E-state index in [1.165, 1.54) is 0 Å². The summed E-state index contributed by atoms with van der Waals surface area (Å²) in [6.45, 7) is 0. The Bertz CT molecular complexity index is 81.4.